The third-order valence-corrected chi connectivity index (χ3v) is 5.14. The number of ketones is 1. The number of para-hydroxylation sites is 1. The molecule has 0 unspecified atom stereocenters. The molecule has 3 rings (SSSR count). The van der Waals surface area contributed by atoms with E-state index in [1.165, 1.54) is 11.8 Å². The number of hydrogen-bond donors (Lipinski definition) is 0. The van der Waals surface area contributed by atoms with E-state index in [1.54, 1.807) is 16.7 Å². The number of aryl methyl sites for hydroxylation is 2. The molecule has 0 aliphatic carbocycles. The number of aromatic nitrogens is 2. The minimum absolute atomic E-state index is 0.0313. The second kappa shape index (κ2) is 7.70. The lowest BCUT2D eigenvalue weighted by atomic mass is 10.0. The van der Waals surface area contributed by atoms with E-state index in [4.69, 9.17) is 0 Å². The number of thioether (sulfide) groups is 1. The van der Waals surface area contributed by atoms with E-state index in [1.807, 2.05) is 50.2 Å². The fourth-order valence-electron chi connectivity index (χ4n) is 2.79. The van der Waals surface area contributed by atoms with Crippen LogP contribution in [0.15, 0.2) is 65.1 Å². The molecule has 132 valence electrons. The lowest BCUT2D eigenvalue weighted by molar-refractivity contribution is 0.102. The fourth-order valence-corrected chi connectivity index (χ4v) is 3.68. The number of carbonyl (C=O) groups is 1. The van der Waals surface area contributed by atoms with Gasteiger partial charge in [0, 0.05) is 12.1 Å². The minimum Gasteiger partial charge on any atom is -0.293 e. The van der Waals surface area contributed by atoms with Crippen molar-refractivity contribution in [2.24, 2.45) is 0 Å². The van der Waals surface area contributed by atoms with Crippen LogP contribution in [-0.4, -0.2) is 21.1 Å². The van der Waals surface area contributed by atoms with Crippen LogP contribution in [0.2, 0.25) is 0 Å². The quantitative estimate of drug-likeness (QED) is 0.285. The summed E-state index contributed by atoms with van der Waals surface area (Å²) in [7, 11) is 0. The monoisotopic (exact) mass is 364 g/mol. The van der Waals surface area contributed by atoms with Crippen molar-refractivity contribution in [1.29, 1.82) is 0 Å². The van der Waals surface area contributed by atoms with Gasteiger partial charge in [0.2, 0.25) is 0 Å². The highest BCUT2D eigenvalue weighted by Crippen LogP contribution is 2.21. The van der Waals surface area contributed by atoms with Crippen molar-refractivity contribution in [3.8, 4) is 0 Å². The lowest BCUT2D eigenvalue weighted by Gasteiger charge is -2.11. The van der Waals surface area contributed by atoms with Crippen LogP contribution in [0.1, 0.15) is 21.5 Å². The van der Waals surface area contributed by atoms with Gasteiger partial charge in [0.05, 0.1) is 16.7 Å². The number of Topliss-reactive ketones (excluding diaryl/α,β-unsaturated/α-hetero) is 1. The molecular formula is C21H20N2O2S. The zero-order valence-corrected chi connectivity index (χ0v) is 15.7. The van der Waals surface area contributed by atoms with Crippen LogP contribution in [-0.2, 0) is 6.54 Å². The number of rotatable bonds is 6. The second-order valence-corrected chi connectivity index (χ2v) is 7.09. The molecule has 4 nitrogen and oxygen atoms in total. The number of hydrogen-bond acceptors (Lipinski definition) is 4. The summed E-state index contributed by atoms with van der Waals surface area (Å²) in [5.41, 5.74) is 3.25. The van der Waals surface area contributed by atoms with E-state index in [0.29, 0.717) is 22.6 Å². The molecule has 0 radical (unpaired) electrons. The highest BCUT2D eigenvalue weighted by molar-refractivity contribution is 7.99. The first-order valence-electron chi connectivity index (χ1n) is 8.35. The van der Waals surface area contributed by atoms with Gasteiger partial charge < -0.3 is 0 Å². The van der Waals surface area contributed by atoms with Crippen molar-refractivity contribution in [3.63, 3.8) is 0 Å². The van der Waals surface area contributed by atoms with Crippen LogP contribution in [0, 0.1) is 13.8 Å². The number of nitrogens with zero attached hydrogens (tertiary/aromatic N) is 2. The summed E-state index contributed by atoms with van der Waals surface area (Å²) in [6, 6.07) is 13.1. The molecule has 0 aliphatic heterocycles. The summed E-state index contributed by atoms with van der Waals surface area (Å²) in [4.78, 5) is 30.0. The number of fused-ring (bicyclic) bond motifs is 1. The third-order valence-electron chi connectivity index (χ3n) is 4.16. The Bertz CT molecular complexity index is 1050. The van der Waals surface area contributed by atoms with E-state index < -0.39 is 0 Å². The first-order chi connectivity index (χ1) is 12.5. The lowest BCUT2D eigenvalue weighted by Crippen LogP contribution is -2.23. The maximum absolute atomic E-state index is 12.7. The van der Waals surface area contributed by atoms with Crippen LogP contribution in [0.4, 0.5) is 0 Å². The largest absolute Gasteiger partial charge is 0.293 e. The standard InChI is InChI=1S/C21H20N2O2S/c1-4-11-23-20(25)16-7-5-6-8-18(16)22-21(23)26-13-19(24)17-12-14(2)9-10-15(17)3/h4-10,12H,1,11,13H2,2-3H3. The normalized spacial score (nSPS) is 10.8. The van der Waals surface area contributed by atoms with Crippen molar-refractivity contribution in [2.75, 3.05) is 5.75 Å². The highest BCUT2D eigenvalue weighted by Gasteiger charge is 2.14. The number of allylic oxidation sites excluding steroid dienone is 1. The second-order valence-electron chi connectivity index (χ2n) is 6.15. The van der Waals surface area contributed by atoms with E-state index >= 15 is 0 Å². The molecule has 0 saturated carbocycles. The zero-order valence-electron chi connectivity index (χ0n) is 14.9. The van der Waals surface area contributed by atoms with Crippen LogP contribution in [0.25, 0.3) is 10.9 Å². The maximum Gasteiger partial charge on any atom is 0.262 e. The zero-order chi connectivity index (χ0) is 18.7. The van der Waals surface area contributed by atoms with E-state index in [-0.39, 0.29) is 17.1 Å². The third kappa shape index (κ3) is 3.63. The Morgan fingerprint density at radius 3 is 2.77 bits per heavy atom. The SMILES string of the molecule is C=CCn1c(SCC(=O)c2cc(C)ccc2C)nc2ccccc2c1=O. The van der Waals surface area contributed by atoms with Crippen LogP contribution < -0.4 is 5.56 Å². The van der Waals surface area contributed by atoms with Crippen molar-refractivity contribution in [2.45, 2.75) is 25.5 Å². The van der Waals surface area contributed by atoms with Gasteiger partial charge in [-0.05, 0) is 37.6 Å². The van der Waals surface area contributed by atoms with E-state index in [9.17, 15) is 9.59 Å². The molecule has 1 aromatic heterocycles. The molecule has 0 atom stereocenters. The first-order valence-corrected chi connectivity index (χ1v) is 9.33. The van der Waals surface area contributed by atoms with Gasteiger partial charge in [0.1, 0.15) is 0 Å². The highest BCUT2D eigenvalue weighted by atomic mass is 32.2. The Morgan fingerprint density at radius 2 is 2.00 bits per heavy atom. The maximum atomic E-state index is 12.7. The molecule has 0 spiro atoms. The van der Waals surface area contributed by atoms with Gasteiger partial charge in [-0.1, -0.05) is 47.7 Å². The summed E-state index contributed by atoms with van der Waals surface area (Å²) >= 11 is 1.29. The van der Waals surface area contributed by atoms with Crippen LogP contribution in [0.3, 0.4) is 0 Å². The molecule has 0 aliphatic rings. The predicted octanol–water partition coefficient (Wildman–Crippen LogP) is 4.17. The molecule has 0 amide bonds. The Balaban J connectivity index is 1.94. The summed E-state index contributed by atoms with van der Waals surface area (Å²) in [5, 5.41) is 1.10. The topological polar surface area (TPSA) is 52.0 Å². The van der Waals surface area contributed by atoms with Crippen LogP contribution in [0.5, 0.6) is 0 Å². The molecule has 26 heavy (non-hydrogen) atoms. The van der Waals surface area contributed by atoms with Crippen molar-refractivity contribution < 1.29 is 4.79 Å². The molecule has 5 heteroatoms. The predicted molar refractivity (Wildman–Crippen MR) is 107 cm³/mol. The molecule has 0 saturated heterocycles. The van der Waals surface area contributed by atoms with Gasteiger partial charge in [-0.2, -0.15) is 0 Å². The van der Waals surface area contributed by atoms with Gasteiger partial charge in [-0.3, -0.25) is 14.2 Å². The van der Waals surface area contributed by atoms with Gasteiger partial charge in [-0.25, -0.2) is 4.98 Å². The van der Waals surface area contributed by atoms with Gasteiger partial charge in [-0.15, -0.1) is 6.58 Å². The average molecular weight is 364 g/mol. The summed E-state index contributed by atoms with van der Waals surface area (Å²) in [5.74, 6) is 0.260. The van der Waals surface area contributed by atoms with Gasteiger partial charge in [0.15, 0.2) is 10.9 Å². The average Bonchev–Trinajstić information content (AvgIpc) is 2.64. The molecule has 0 fully saturated rings. The molecule has 0 bridgehead atoms. The molecule has 1 heterocycles. The summed E-state index contributed by atoms with van der Waals surface area (Å²) in [6.07, 6.45) is 1.66. The van der Waals surface area contributed by atoms with Crippen LogP contribution >= 0.6 is 11.8 Å². The van der Waals surface area contributed by atoms with Gasteiger partial charge >= 0.3 is 0 Å². The Morgan fingerprint density at radius 1 is 1.23 bits per heavy atom. The summed E-state index contributed by atoms with van der Waals surface area (Å²) < 4.78 is 1.57. The molecule has 2 aromatic carbocycles. The summed E-state index contributed by atoms with van der Waals surface area (Å²) in [6.45, 7) is 7.97. The smallest absolute Gasteiger partial charge is 0.262 e. The van der Waals surface area contributed by atoms with Crippen molar-refractivity contribution >= 4 is 28.4 Å². The Hall–Kier alpha value is -2.66. The van der Waals surface area contributed by atoms with E-state index in [0.717, 1.165) is 16.7 Å². The van der Waals surface area contributed by atoms with Crippen molar-refractivity contribution in [1.82, 2.24) is 9.55 Å². The number of benzene rings is 2. The van der Waals surface area contributed by atoms with E-state index in [2.05, 4.69) is 11.6 Å². The minimum atomic E-state index is -0.114. The fraction of sp³-hybridized carbons (Fsp3) is 0.190. The Labute approximate surface area is 156 Å². The molecule has 3 aromatic rings. The van der Waals surface area contributed by atoms with Gasteiger partial charge in [0.25, 0.3) is 5.56 Å². The first kappa shape index (κ1) is 18.1. The molecular weight excluding hydrogens is 344 g/mol. The Kier molecular flexibility index (Phi) is 5.38. The van der Waals surface area contributed by atoms with Crippen molar-refractivity contribution in [3.05, 3.63) is 82.2 Å². The molecule has 0 N–H and O–H groups in total. The number of carbonyl (C=O) groups excluding carboxylic acids is 1.